The minimum absolute atomic E-state index is 0.327. The molecule has 1 unspecified atom stereocenters. The van der Waals surface area contributed by atoms with E-state index in [0.29, 0.717) is 16.7 Å². The highest BCUT2D eigenvalue weighted by atomic mass is 16.5. The van der Waals surface area contributed by atoms with Gasteiger partial charge in [0.25, 0.3) is 0 Å². The van der Waals surface area contributed by atoms with Crippen LogP contribution in [0.3, 0.4) is 0 Å². The Hall–Kier alpha value is -2.04. The summed E-state index contributed by atoms with van der Waals surface area (Å²) in [5.41, 5.74) is 5.40. The number of hydrogen-bond donors (Lipinski definition) is 0. The van der Waals surface area contributed by atoms with E-state index in [2.05, 4.69) is 59.3 Å². The molecule has 0 N–H and O–H groups in total. The molecule has 4 nitrogen and oxygen atoms in total. The summed E-state index contributed by atoms with van der Waals surface area (Å²) in [6, 6.07) is 16.2. The van der Waals surface area contributed by atoms with Gasteiger partial charge in [0.1, 0.15) is 11.5 Å². The number of methoxy groups -OCH3 is 2. The smallest absolute Gasteiger partial charge is 0.119 e. The lowest BCUT2D eigenvalue weighted by atomic mass is 9.61. The lowest BCUT2D eigenvalue weighted by Gasteiger charge is -2.55. The number of rotatable bonds is 4. The Balaban J connectivity index is 1.33. The number of nitrogens with zero attached hydrogens (tertiary/aromatic N) is 2. The van der Waals surface area contributed by atoms with Gasteiger partial charge in [-0.2, -0.15) is 0 Å². The van der Waals surface area contributed by atoms with E-state index in [1.807, 2.05) is 0 Å². The maximum absolute atomic E-state index is 5.64. The van der Waals surface area contributed by atoms with Crippen molar-refractivity contribution in [3.63, 3.8) is 0 Å². The molecule has 4 heteroatoms. The minimum atomic E-state index is 0.327. The summed E-state index contributed by atoms with van der Waals surface area (Å²) in [7, 11) is 5.87. The molecule has 4 aliphatic rings. The summed E-state index contributed by atoms with van der Waals surface area (Å²) >= 11 is 0. The lowest BCUT2D eigenvalue weighted by molar-refractivity contribution is -0.0567. The second-order valence-corrected chi connectivity index (χ2v) is 10.2. The van der Waals surface area contributed by atoms with E-state index in [9.17, 15) is 0 Å². The Bertz CT molecular complexity index is 973. The first kappa shape index (κ1) is 18.7. The van der Waals surface area contributed by atoms with Crippen LogP contribution < -0.4 is 9.47 Å². The maximum Gasteiger partial charge on any atom is 0.119 e. The predicted molar refractivity (Wildman–Crippen MR) is 118 cm³/mol. The fourth-order valence-electron chi connectivity index (χ4n) is 7.74. The first-order valence-electron chi connectivity index (χ1n) is 11.3. The third-order valence-electron chi connectivity index (χ3n) is 8.72. The summed E-state index contributed by atoms with van der Waals surface area (Å²) in [5.74, 6) is 2.66. The minimum Gasteiger partial charge on any atom is -0.497 e. The van der Waals surface area contributed by atoms with E-state index in [-0.39, 0.29) is 0 Å². The first-order chi connectivity index (χ1) is 14.6. The van der Waals surface area contributed by atoms with E-state index >= 15 is 0 Å². The van der Waals surface area contributed by atoms with Gasteiger partial charge in [0.15, 0.2) is 0 Å². The molecule has 4 atom stereocenters. The fourth-order valence-corrected chi connectivity index (χ4v) is 7.74. The van der Waals surface area contributed by atoms with Crippen LogP contribution in [0, 0.1) is 11.3 Å². The van der Waals surface area contributed by atoms with Crippen molar-refractivity contribution in [3.05, 3.63) is 59.2 Å². The molecule has 2 saturated heterocycles. The zero-order valence-electron chi connectivity index (χ0n) is 18.4. The molecule has 1 saturated carbocycles. The van der Waals surface area contributed by atoms with E-state index in [4.69, 9.17) is 9.47 Å². The highest BCUT2D eigenvalue weighted by molar-refractivity contribution is 5.49. The first-order valence-corrected chi connectivity index (χ1v) is 11.3. The molecule has 2 bridgehead atoms. The van der Waals surface area contributed by atoms with E-state index < -0.39 is 0 Å². The molecule has 2 aromatic rings. The van der Waals surface area contributed by atoms with Crippen LogP contribution in [0.15, 0.2) is 42.5 Å². The van der Waals surface area contributed by atoms with Crippen LogP contribution in [0.2, 0.25) is 0 Å². The van der Waals surface area contributed by atoms with Gasteiger partial charge in [-0.15, -0.1) is 0 Å². The zero-order chi connectivity index (χ0) is 20.5. The topological polar surface area (TPSA) is 24.9 Å². The van der Waals surface area contributed by atoms with Gasteiger partial charge in [-0.25, -0.2) is 0 Å². The van der Waals surface area contributed by atoms with E-state index in [0.717, 1.165) is 24.1 Å². The molecule has 0 aromatic heterocycles. The van der Waals surface area contributed by atoms with Crippen molar-refractivity contribution in [2.75, 3.05) is 40.9 Å². The van der Waals surface area contributed by atoms with Gasteiger partial charge in [0.05, 0.1) is 14.2 Å². The molecule has 30 heavy (non-hydrogen) atoms. The highest BCUT2D eigenvalue weighted by Gasteiger charge is 2.70. The summed E-state index contributed by atoms with van der Waals surface area (Å²) in [5, 5.41) is 0. The van der Waals surface area contributed by atoms with Gasteiger partial charge in [-0.05, 0) is 79.7 Å². The second-order valence-electron chi connectivity index (χ2n) is 10.2. The molecule has 0 amide bonds. The van der Waals surface area contributed by atoms with Gasteiger partial charge in [0.2, 0.25) is 0 Å². The average Bonchev–Trinajstić information content (AvgIpc) is 2.94. The SMILES string of the molecule is COc1ccc(CN2CC[C@]34CC5(Cc6ccc(OC)cc63)CN(C)[C@H]5[C@@H]4C2)cc1. The zero-order valence-corrected chi connectivity index (χ0v) is 18.4. The van der Waals surface area contributed by atoms with Gasteiger partial charge in [-0.3, -0.25) is 4.90 Å². The van der Waals surface area contributed by atoms with Gasteiger partial charge >= 0.3 is 0 Å². The fraction of sp³-hybridized carbons (Fsp3) is 0.538. The molecule has 2 aliphatic carbocycles. The van der Waals surface area contributed by atoms with Crippen LogP contribution in [0.25, 0.3) is 0 Å². The number of likely N-dealkylation sites (tertiary alicyclic amines) is 2. The number of benzene rings is 2. The van der Waals surface area contributed by atoms with Crippen LogP contribution in [0.1, 0.15) is 29.5 Å². The number of fused-ring (bicyclic) bond motifs is 2. The molecule has 3 fully saturated rings. The Labute approximate surface area is 179 Å². The van der Waals surface area contributed by atoms with Crippen molar-refractivity contribution in [2.45, 2.75) is 37.3 Å². The maximum atomic E-state index is 5.64. The average molecular weight is 405 g/mol. The molecule has 0 radical (unpaired) electrons. The van der Waals surface area contributed by atoms with Crippen LogP contribution in [-0.2, 0) is 18.4 Å². The molecular weight excluding hydrogens is 372 g/mol. The summed E-state index contributed by atoms with van der Waals surface area (Å²) in [6.07, 6.45) is 3.88. The highest BCUT2D eigenvalue weighted by Crippen LogP contribution is 2.68. The van der Waals surface area contributed by atoms with Crippen molar-refractivity contribution in [2.24, 2.45) is 11.3 Å². The van der Waals surface area contributed by atoms with Crippen LogP contribution in [0.4, 0.5) is 0 Å². The second kappa shape index (κ2) is 6.48. The van der Waals surface area contributed by atoms with Gasteiger partial charge < -0.3 is 14.4 Å². The molecule has 2 aliphatic heterocycles. The third kappa shape index (κ3) is 2.47. The molecule has 158 valence electrons. The Morgan fingerprint density at radius 1 is 1.03 bits per heavy atom. The van der Waals surface area contributed by atoms with Crippen molar-refractivity contribution < 1.29 is 9.47 Å². The van der Waals surface area contributed by atoms with Gasteiger partial charge in [0, 0.05) is 36.5 Å². The Kier molecular flexibility index (Phi) is 4.04. The molecule has 6 rings (SSSR count). The Morgan fingerprint density at radius 2 is 1.80 bits per heavy atom. The van der Waals surface area contributed by atoms with Crippen LogP contribution in [-0.4, -0.2) is 56.7 Å². The molecule has 2 heterocycles. The van der Waals surface area contributed by atoms with Crippen molar-refractivity contribution >= 4 is 0 Å². The van der Waals surface area contributed by atoms with Crippen LogP contribution >= 0.6 is 0 Å². The number of hydrogen-bond acceptors (Lipinski definition) is 4. The number of ether oxygens (including phenoxy) is 2. The Morgan fingerprint density at radius 3 is 2.53 bits per heavy atom. The third-order valence-corrected chi connectivity index (χ3v) is 8.72. The summed E-state index contributed by atoms with van der Waals surface area (Å²) < 4.78 is 11.0. The van der Waals surface area contributed by atoms with E-state index in [1.54, 1.807) is 25.3 Å². The largest absolute Gasteiger partial charge is 0.497 e. The number of piperidine rings is 1. The van der Waals surface area contributed by atoms with Crippen molar-refractivity contribution in [3.8, 4) is 11.5 Å². The molecule has 2 spiro atoms. The van der Waals surface area contributed by atoms with Crippen molar-refractivity contribution in [1.29, 1.82) is 0 Å². The van der Waals surface area contributed by atoms with Crippen molar-refractivity contribution in [1.82, 2.24) is 9.80 Å². The quantitative estimate of drug-likeness (QED) is 0.775. The summed E-state index contributed by atoms with van der Waals surface area (Å²) in [4.78, 5) is 5.34. The summed E-state index contributed by atoms with van der Waals surface area (Å²) in [6.45, 7) is 4.66. The van der Waals surface area contributed by atoms with Gasteiger partial charge in [-0.1, -0.05) is 18.2 Å². The van der Waals surface area contributed by atoms with Crippen LogP contribution in [0.5, 0.6) is 11.5 Å². The molecular formula is C26H32N2O2. The standard InChI is InChI=1S/C26H32N2O2/c1-27-17-25-13-19-6-9-21(30-3)12-22(19)26(16-25)10-11-28(15-23(26)24(25)27)14-18-4-7-20(29-2)8-5-18/h4-9,12,23-24H,10-11,13-17H2,1-3H3/t23-,24-,25?,26-/m0/s1. The predicted octanol–water partition coefficient (Wildman–Crippen LogP) is 3.72. The molecule has 2 aromatic carbocycles. The lowest BCUT2D eigenvalue weighted by Crippen LogP contribution is -2.64. The monoisotopic (exact) mass is 404 g/mol. The van der Waals surface area contributed by atoms with E-state index in [1.165, 1.54) is 44.5 Å². The normalized spacial score (nSPS) is 34.5.